The van der Waals surface area contributed by atoms with Gasteiger partial charge in [-0.2, -0.15) is 0 Å². The maximum Gasteiger partial charge on any atom is 0.269 e. The number of H-pyrrole nitrogens is 1. The van der Waals surface area contributed by atoms with E-state index in [1.165, 1.54) is 12.1 Å². The van der Waals surface area contributed by atoms with E-state index in [1.54, 1.807) is 19.9 Å². The van der Waals surface area contributed by atoms with Gasteiger partial charge in [-0.05, 0) is 49.2 Å². The van der Waals surface area contributed by atoms with Crippen molar-refractivity contribution in [1.82, 2.24) is 10.3 Å². The summed E-state index contributed by atoms with van der Waals surface area (Å²) < 4.78 is 55.6. The van der Waals surface area contributed by atoms with Crippen LogP contribution in [0, 0.1) is 25.5 Å². The number of aliphatic hydroxyl groups is 1. The van der Waals surface area contributed by atoms with Crippen LogP contribution < -0.4 is 11.1 Å². The number of aromatic nitrogens is 1. The lowest BCUT2D eigenvalue weighted by molar-refractivity contribution is -0.120. The molecular formula is C20H19F2N3O5S. The number of aryl methyl sites for hydroxylation is 2. The van der Waals surface area contributed by atoms with Crippen molar-refractivity contribution >= 4 is 32.6 Å². The zero-order valence-corrected chi connectivity index (χ0v) is 17.3. The number of carbonyl (C=O) groups excluding carboxylic acids is 2. The highest BCUT2D eigenvalue weighted by Crippen LogP contribution is 2.35. The molecule has 1 atom stereocenters. The Morgan fingerprint density at radius 3 is 2.32 bits per heavy atom. The van der Waals surface area contributed by atoms with Crippen LogP contribution >= 0.6 is 0 Å². The molecule has 1 heterocycles. The molecule has 11 heteroatoms. The Kier molecular flexibility index (Phi) is 5.83. The SMILES string of the molecule is Cc1cc(C)cc(S(=O)(=O)c2c(C(=O)N[C@@H](CO)C(N)=O)[nH]c3ccc(F)c(F)c23)c1. The van der Waals surface area contributed by atoms with Crippen molar-refractivity contribution in [3.8, 4) is 0 Å². The minimum absolute atomic E-state index is 0.147. The molecule has 0 bridgehead atoms. The van der Waals surface area contributed by atoms with Crippen molar-refractivity contribution in [2.45, 2.75) is 29.7 Å². The average molecular weight is 451 g/mol. The minimum Gasteiger partial charge on any atom is -0.394 e. The summed E-state index contributed by atoms with van der Waals surface area (Å²) in [5.41, 5.74) is 5.52. The van der Waals surface area contributed by atoms with Gasteiger partial charge in [-0.25, -0.2) is 17.2 Å². The summed E-state index contributed by atoms with van der Waals surface area (Å²) in [5.74, 6) is -4.97. The molecule has 31 heavy (non-hydrogen) atoms. The number of nitrogens with one attached hydrogen (secondary N) is 2. The third-order valence-electron chi connectivity index (χ3n) is 4.64. The number of primary amides is 1. The Balaban J connectivity index is 2.32. The number of benzene rings is 2. The van der Waals surface area contributed by atoms with E-state index in [1.807, 2.05) is 0 Å². The van der Waals surface area contributed by atoms with Crippen LogP contribution in [0.3, 0.4) is 0 Å². The molecule has 0 fully saturated rings. The molecule has 164 valence electrons. The van der Waals surface area contributed by atoms with Crippen LogP contribution in [0.4, 0.5) is 8.78 Å². The van der Waals surface area contributed by atoms with Crippen LogP contribution in [0.15, 0.2) is 40.1 Å². The van der Waals surface area contributed by atoms with Crippen molar-refractivity contribution in [3.63, 3.8) is 0 Å². The van der Waals surface area contributed by atoms with E-state index in [0.29, 0.717) is 11.1 Å². The molecule has 3 rings (SSSR count). The summed E-state index contributed by atoms with van der Waals surface area (Å²) in [4.78, 5) is 25.6. The van der Waals surface area contributed by atoms with Gasteiger partial charge in [0.2, 0.25) is 15.7 Å². The smallest absolute Gasteiger partial charge is 0.269 e. The first-order chi connectivity index (χ1) is 14.5. The highest BCUT2D eigenvalue weighted by atomic mass is 32.2. The molecule has 0 aliphatic heterocycles. The molecule has 0 spiro atoms. The first kappa shape index (κ1) is 22.4. The molecule has 1 aromatic heterocycles. The van der Waals surface area contributed by atoms with Gasteiger partial charge >= 0.3 is 0 Å². The summed E-state index contributed by atoms with van der Waals surface area (Å²) >= 11 is 0. The van der Waals surface area contributed by atoms with Crippen LogP contribution in [0.5, 0.6) is 0 Å². The Morgan fingerprint density at radius 2 is 1.77 bits per heavy atom. The fourth-order valence-electron chi connectivity index (χ4n) is 3.26. The fourth-order valence-corrected chi connectivity index (χ4v) is 5.06. The Bertz CT molecular complexity index is 1300. The van der Waals surface area contributed by atoms with Crippen LogP contribution in [0.2, 0.25) is 0 Å². The molecule has 0 saturated carbocycles. The number of hydrogen-bond donors (Lipinski definition) is 4. The number of amides is 2. The van der Waals surface area contributed by atoms with Crippen LogP contribution in [0.25, 0.3) is 10.9 Å². The zero-order valence-electron chi connectivity index (χ0n) is 16.5. The number of aromatic amines is 1. The standard InChI is InChI=1S/C20H19F2N3O5S/c1-9-5-10(2)7-11(6-9)31(29,30)18-15-13(4-3-12(21)16(15)22)24-17(18)20(28)25-14(8-26)19(23)27/h3-7,14,24,26H,8H2,1-2H3,(H2,23,27)(H,25,28)/t14-/m0/s1. The number of rotatable bonds is 6. The summed E-state index contributed by atoms with van der Waals surface area (Å²) in [7, 11) is -4.52. The maximum absolute atomic E-state index is 14.7. The quantitative estimate of drug-likeness (QED) is 0.449. The second-order valence-electron chi connectivity index (χ2n) is 7.05. The summed E-state index contributed by atoms with van der Waals surface area (Å²) in [6, 6.07) is 4.74. The van der Waals surface area contributed by atoms with Crippen LogP contribution in [0.1, 0.15) is 21.6 Å². The molecule has 2 amide bonds. The van der Waals surface area contributed by atoms with Gasteiger partial charge in [0.25, 0.3) is 5.91 Å². The van der Waals surface area contributed by atoms with Crippen molar-refractivity contribution < 1.29 is 31.9 Å². The second-order valence-corrected chi connectivity index (χ2v) is 8.94. The van der Waals surface area contributed by atoms with E-state index in [-0.39, 0.29) is 10.4 Å². The highest BCUT2D eigenvalue weighted by Gasteiger charge is 2.33. The number of halogens is 2. The number of fused-ring (bicyclic) bond motifs is 1. The van der Waals surface area contributed by atoms with Gasteiger partial charge in [0.1, 0.15) is 16.6 Å². The third-order valence-corrected chi connectivity index (χ3v) is 6.44. The Labute approximate surface area is 176 Å². The first-order valence-electron chi connectivity index (χ1n) is 9.01. The molecule has 0 aliphatic rings. The fraction of sp³-hybridized carbons (Fsp3) is 0.200. The van der Waals surface area contributed by atoms with Gasteiger partial charge in [-0.15, -0.1) is 0 Å². The molecule has 0 unspecified atom stereocenters. The second kappa shape index (κ2) is 8.08. The van der Waals surface area contributed by atoms with E-state index in [9.17, 15) is 31.9 Å². The molecular weight excluding hydrogens is 432 g/mol. The van der Waals surface area contributed by atoms with Gasteiger partial charge in [0.05, 0.1) is 22.4 Å². The third kappa shape index (κ3) is 4.01. The van der Waals surface area contributed by atoms with Gasteiger partial charge in [0, 0.05) is 0 Å². The van der Waals surface area contributed by atoms with Gasteiger partial charge in [-0.3, -0.25) is 9.59 Å². The lowest BCUT2D eigenvalue weighted by Crippen LogP contribution is -2.47. The van der Waals surface area contributed by atoms with E-state index in [0.717, 1.165) is 12.1 Å². The number of nitrogens with two attached hydrogens (primary N) is 1. The summed E-state index contributed by atoms with van der Waals surface area (Å²) in [5, 5.41) is 10.7. The minimum atomic E-state index is -4.52. The Hall–Kier alpha value is -3.31. The molecule has 0 radical (unpaired) electrons. The van der Waals surface area contributed by atoms with Crippen molar-refractivity contribution in [2.24, 2.45) is 5.73 Å². The van der Waals surface area contributed by atoms with Gasteiger partial charge < -0.3 is 21.1 Å². The molecule has 3 aromatic rings. The lowest BCUT2D eigenvalue weighted by Gasteiger charge is -2.13. The van der Waals surface area contributed by atoms with E-state index in [4.69, 9.17) is 5.73 Å². The predicted octanol–water partition coefficient (Wildman–Crippen LogP) is 1.47. The Morgan fingerprint density at radius 1 is 1.16 bits per heavy atom. The zero-order chi connectivity index (χ0) is 23.1. The first-order valence-corrected chi connectivity index (χ1v) is 10.5. The average Bonchev–Trinajstić information content (AvgIpc) is 3.09. The molecule has 0 saturated heterocycles. The number of hydrogen-bond acceptors (Lipinski definition) is 5. The molecule has 5 N–H and O–H groups in total. The van der Waals surface area contributed by atoms with E-state index >= 15 is 0 Å². The van der Waals surface area contributed by atoms with Crippen molar-refractivity contribution in [1.29, 1.82) is 0 Å². The number of sulfone groups is 1. The van der Waals surface area contributed by atoms with Crippen molar-refractivity contribution in [2.75, 3.05) is 6.61 Å². The highest BCUT2D eigenvalue weighted by molar-refractivity contribution is 7.91. The van der Waals surface area contributed by atoms with Gasteiger partial charge in [-0.1, -0.05) is 6.07 Å². The summed E-state index contributed by atoms with van der Waals surface area (Å²) in [6.07, 6.45) is 0. The van der Waals surface area contributed by atoms with E-state index in [2.05, 4.69) is 10.3 Å². The predicted molar refractivity (Wildman–Crippen MR) is 107 cm³/mol. The summed E-state index contributed by atoms with van der Waals surface area (Å²) in [6.45, 7) is 2.48. The molecule has 0 aliphatic carbocycles. The van der Waals surface area contributed by atoms with Crippen LogP contribution in [-0.4, -0.2) is 43.0 Å². The van der Waals surface area contributed by atoms with E-state index < -0.39 is 61.9 Å². The van der Waals surface area contributed by atoms with Gasteiger partial charge in [0.15, 0.2) is 11.6 Å². The number of carbonyl (C=O) groups is 2. The lowest BCUT2D eigenvalue weighted by atomic mass is 10.2. The van der Waals surface area contributed by atoms with Crippen molar-refractivity contribution in [3.05, 3.63) is 58.8 Å². The molecule has 8 nitrogen and oxygen atoms in total. The largest absolute Gasteiger partial charge is 0.394 e. The number of aliphatic hydroxyl groups excluding tert-OH is 1. The normalized spacial score (nSPS) is 12.7. The van der Waals surface area contributed by atoms with Crippen LogP contribution in [-0.2, 0) is 14.6 Å². The maximum atomic E-state index is 14.7. The topological polar surface area (TPSA) is 142 Å². The molecule has 2 aromatic carbocycles. The monoisotopic (exact) mass is 451 g/mol.